The van der Waals surface area contributed by atoms with E-state index in [2.05, 4.69) is 15.5 Å². The van der Waals surface area contributed by atoms with Crippen LogP contribution < -0.4 is 10.9 Å². The summed E-state index contributed by atoms with van der Waals surface area (Å²) in [6.45, 7) is 4.67. The Morgan fingerprint density at radius 3 is 2.97 bits per heavy atom. The molecule has 2 atom stereocenters. The highest BCUT2D eigenvalue weighted by Gasteiger charge is 2.23. The number of amides is 1. The minimum absolute atomic E-state index is 0.0173. The average Bonchev–Trinajstić information content (AvgIpc) is 3.36. The third kappa shape index (κ3) is 4.35. The zero-order chi connectivity index (χ0) is 20.4. The average molecular weight is 414 g/mol. The molecule has 152 valence electrons. The molecule has 3 heterocycles. The molecule has 0 radical (unpaired) electrons. The lowest BCUT2D eigenvalue weighted by molar-refractivity contribution is -0.115. The van der Waals surface area contributed by atoms with Gasteiger partial charge in [-0.3, -0.25) is 19.5 Å². The van der Waals surface area contributed by atoms with Crippen molar-refractivity contribution in [3.05, 3.63) is 46.4 Å². The molecule has 29 heavy (non-hydrogen) atoms. The Bertz CT molecular complexity index is 1090. The molecule has 0 aliphatic carbocycles. The maximum Gasteiger partial charge on any atom is 0.262 e. The minimum atomic E-state index is -0.496. The fraction of sp³-hybridized carbons (Fsp3) is 0.400. The second kappa shape index (κ2) is 8.38. The van der Waals surface area contributed by atoms with Gasteiger partial charge in [-0.2, -0.15) is 0 Å². The largest absolute Gasteiger partial charge is 0.376 e. The van der Waals surface area contributed by atoms with Gasteiger partial charge in [-0.15, -0.1) is 0 Å². The summed E-state index contributed by atoms with van der Waals surface area (Å²) < 4.78 is 12.4. The van der Waals surface area contributed by atoms with Gasteiger partial charge in [0.2, 0.25) is 11.8 Å². The number of hydrogen-bond donors (Lipinski definition) is 1. The zero-order valence-corrected chi connectivity index (χ0v) is 17.1. The van der Waals surface area contributed by atoms with Gasteiger partial charge < -0.3 is 9.26 Å². The van der Waals surface area contributed by atoms with E-state index in [1.165, 1.54) is 11.8 Å². The number of anilines is 1. The SMILES string of the molecule is Cc1cc(NC(=O)[C@H](C)Sc2nc3ccccc3c(=O)n2C[C@@H]2CCCO2)on1. The number of thioether (sulfide) groups is 1. The molecule has 9 heteroatoms. The van der Waals surface area contributed by atoms with Gasteiger partial charge in [0.1, 0.15) is 0 Å². The molecule has 0 spiro atoms. The van der Waals surface area contributed by atoms with Crippen LogP contribution in [0.1, 0.15) is 25.5 Å². The number of para-hydroxylation sites is 1. The van der Waals surface area contributed by atoms with Crippen molar-refractivity contribution in [3.63, 3.8) is 0 Å². The molecule has 0 bridgehead atoms. The van der Waals surface area contributed by atoms with Crippen molar-refractivity contribution in [1.29, 1.82) is 0 Å². The predicted molar refractivity (Wildman–Crippen MR) is 110 cm³/mol. The van der Waals surface area contributed by atoms with Crippen LogP contribution in [0.2, 0.25) is 0 Å². The highest BCUT2D eigenvalue weighted by molar-refractivity contribution is 8.00. The van der Waals surface area contributed by atoms with Crippen molar-refractivity contribution in [2.45, 2.75) is 49.7 Å². The topological polar surface area (TPSA) is 99.2 Å². The Morgan fingerprint density at radius 1 is 1.41 bits per heavy atom. The first-order chi connectivity index (χ1) is 14.0. The molecular formula is C20H22N4O4S. The highest BCUT2D eigenvalue weighted by atomic mass is 32.2. The summed E-state index contributed by atoms with van der Waals surface area (Å²) in [6.07, 6.45) is 1.87. The van der Waals surface area contributed by atoms with Crippen molar-refractivity contribution < 1.29 is 14.1 Å². The molecular weight excluding hydrogens is 392 g/mol. The lowest BCUT2D eigenvalue weighted by Gasteiger charge is -2.18. The molecule has 1 aliphatic rings. The van der Waals surface area contributed by atoms with Gasteiger partial charge in [-0.05, 0) is 38.8 Å². The molecule has 1 amide bonds. The monoisotopic (exact) mass is 414 g/mol. The summed E-state index contributed by atoms with van der Waals surface area (Å²) in [6, 6.07) is 8.89. The van der Waals surface area contributed by atoms with Gasteiger partial charge in [0.15, 0.2) is 5.16 Å². The lowest BCUT2D eigenvalue weighted by atomic mass is 10.2. The first-order valence-corrected chi connectivity index (χ1v) is 10.4. The van der Waals surface area contributed by atoms with E-state index in [0.29, 0.717) is 40.8 Å². The summed E-state index contributed by atoms with van der Waals surface area (Å²) in [7, 11) is 0. The van der Waals surface area contributed by atoms with Crippen molar-refractivity contribution in [1.82, 2.24) is 14.7 Å². The highest BCUT2D eigenvalue weighted by Crippen LogP contribution is 2.25. The maximum atomic E-state index is 13.1. The second-order valence-corrected chi connectivity index (χ2v) is 8.35. The molecule has 1 N–H and O–H groups in total. The number of aryl methyl sites for hydroxylation is 1. The van der Waals surface area contributed by atoms with Gasteiger partial charge in [-0.1, -0.05) is 29.1 Å². The smallest absolute Gasteiger partial charge is 0.262 e. The number of rotatable bonds is 6. The van der Waals surface area contributed by atoms with Crippen LogP contribution in [0.25, 0.3) is 10.9 Å². The number of ether oxygens (including phenoxy) is 1. The van der Waals surface area contributed by atoms with E-state index in [1.54, 1.807) is 36.6 Å². The predicted octanol–water partition coefficient (Wildman–Crippen LogP) is 2.99. The quantitative estimate of drug-likeness (QED) is 0.489. The minimum Gasteiger partial charge on any atom is -0.376 e. The maximum absolute atomic E-state index is 13.1. The molecule has 3 aromatic rings. The number of nitrogens with one attached hydrogen (secondary N) is 1. The number of aromatic nitrogens is 3. The zero-order valence-electron chi connectivity index (χ0n) is 16.3. The number of carbonyl (C=O) groups excluding carboxylic acids is 1. The molecule has 4 rings (SSSR count). The molecule has 1 fully saturated rings. The number of hydrogen-bond acceptors (Lipinski definition) is 7. The molecule has 8 nitrogen and oxygen atoms in total. The van der Waals surface area contributed by atoms with Crippen LogP contribution in [-0.2, 0) is 16.1 Å². The van der Waals surface area contributed by atoms with E-state index in [1.807, 2.05) is 12.1 Å². The van der Waals surface area contributed by atoms with Crippen LogP contribution in [0.3, 0.4) is 0 Å². The van der Waals surface area contributed by atoms with Crippen LogP contribution in [0, 0.1) is 6.92 Å². The fourth-order valence-corrected chi connectivity index (χ4v) is 4.17. The molecule has 1 aromatic carbocycles. The van der Waals surface area contributed by atoms with Gasteiger partial charge in [0, 0.05) is 12.7 Å². The van der Waals surface area contributed by atoms with Crippen molar-refractivity contribution >= 4 is 34.5 Å². The van der Waals surface area contributed by atoms with Crippen LogP contribution in [0.4, 0.5) is 5.88 Å². The Labute approximate surface area is 171 Å². The molecule has 0 saturated carbocycles. The van der Waals surface area contributed by atoms with Gasteiger partial charge >= 0.3 is 0 Å². The fourth-order valence-electron chi connectivity index (χ4n) is 3.25. The van der Waals surface area contributed by atoms with E-state index >= 15 is 0 Å². The Hall–Kier alpha value is -2.65. The van der Waals surface area contributed by atoms with Crippen molar-refractivity contribution in [2.24, 2.45) is 0 Å². The summed E-state index contributed by atoms with van der Waals surface area (Å²) in [4.78, 5) is 30.3. The molecule has 2 aromatic heterocycles. The first kappa shape index (κ1) is 19.7. The van der Waals surface area contributed by atoms with E-state index in [9.17, 15) is 9.59 Å². The number of nitrogens with zero attached hydrogens (tertiary/aromatic N) is 3. The van der Waals surface area contributed by atoms with Gasteiger partial charge in [0.05, 0.1) is 34.5 Å². The van der Waals surface area contributed by atoms with Crippen molar-refractivity contribution in [3.8, 4) is 0 Å². The van der Waals surface area contributed by atoms with E-state index < -0.39 is 5.25 Å². The lowest BCUT2D eigenvalue weighted by Crippen LogP contribution is -2.30. The third-order valence-electron chi connectivity index (χ3n) is 4.76. The molecule has 1 saturated heterocycles. The number of fused-ring (bicyclic) bond motifs is 1. The molecule has 1 aliphatic heterocycles. The third-order valence-corrected chi connectivity index (χ3v) is 5.85. The van der Waals surface area contributed by atoms with Crippen LogP contribution in [0.15, 0.2) is 44.8 Å². The van der Waals surface area contributed by atoms with Crippen molar-refractivity contribution in [2.75, 3.05) is 11.9 Å². The van der Waals surface area contributed by atoms with Crippen LogP contribution in [-0.4, -0.2) is 38.6 Å². The summed E-state index contributed by atoms with van der Waals surface area (Å²) in [5.74, 6) is 0.0420. The summed E-state index contributed by atoms with van der Waals surface area (Å²) in [5.41, 5.74) is 1.18. The number of benzene rings is 1. The van der Waals surface area contributed by atoms with E-state index in [0.717, 1.165) is 12.8 Å². The Balaban J connectivity index is 1.62. The van der Waals surface area contributed by atoms with E-state index in [-0.39, 0.29) is 17.6 Å². The van der Waals surface area contributed by atoms with Gasteiger partial charge in [-0.25, -0.2) is 4.98 Å². The Morgan fingerprint density at radius 2 is 2.24 bits per heavy atom. The molecule has 0 unspecified atom stereocenters. The Kier molecular flexibility index (Phi) is 5.68. The van der Waals surface area contributed by atoms with Crippen LogP contribution >= 0.6 is 11.8 Å². The summed E-state index contributed by atoms with van der Waals surface area (Å²) >= 11 is 1.24. The summed E-state index contributed by atoms with van der Waals surface area (Å²) in [5, 5.41) is 7.02. The second-order valence-electron chi connectivity index (χ2n) is 7.04. The van der Waals surface area contributed by atoms with E-state index in [4.69, 9.17) is 9.26 Å². The number of carbonyl (C=O) groups is 1. The standard InChI is InChI=1S/C20H22N4O4S/c1-12-10-17(28-23-12)22-18(25)13(2)29-20-21-16-8-4-3-7-15(16)19(26)24(20)11-14-6-5-9-27-14/h3-4,7-8,10,13-14H,5-6,9,11H2,1-2H3,(H,22,25)/t13-,14-/m0/s1. The van der Waals surface area contributed by atoms with Gasteiger partial charge in [0.25, 0.3) is 5.56 Å². The normalized spacial score (nSPS) is 17.5. The first-order valence-electron chi connectivity index (χ1n) is 9.53. The van der Waals surface area contributed by atoms with Crippen LogP contribution in [0.5, 0.6) is 0 Å².